The van der Waals surface area contributed by atoms with Gasteiger partial charge in [0, 0.05) is 18.3 Å². The van der Waals surface area contributed by atoms with Crippen molar-refractivity contribution in [2.75, 3.05) is 0 Å². The van der Waals surface area contributed by atoms with Crippen LogP contribution in [-0.4, -0.2) is 20.7 Å². The molecule has 0 saturated heterocycles. The molecule has 0 atom stereocenters. The summed E-state index contributed by atoms with van der Waals surface area (Å²) in [6, 6.07) is 1.84. The number of rotatable bonds is 2. The third-order valence-corrected chi connectivity index (χ3v) is 1.98. The Hall–Kier alpha value is -0.960. The smallest absolute Gasteiger partial charge is 0.115 e. The van der Waals surface area contributed by atoms with Gasteiger partial charge >= 0.3 is 0 Å². The Morgan fingerprint density at radius 1 is 1.55 bits per heavy atom. The second-order valence-electron chi connectivity index (χ2n) is 3.10. The van der Waals surface area contributed by atoms with Crippen LogP contribution in [-0.2, 0) is 6.42 Å². The fourth-order valence-electron chi connectivity index (χ4n) is 1.08. The highest BCUT2D eigenvalue weighted by molar-refractivity contribution is 5.08. The lowest BCUT2D eigenvalue weighted by molar-refractivity contribution is 0.149. The zero-order chi connectivity index (χ0) is 7.73. The van der Waals surface area contributed by atoms with E-state index < -0.39 is 5.60 Å². The van der Waals surface area contributed by atoms with Gasteiger partial charge in [0.15, 0.2) is 0 Å². The molecule has 1 aromatic heterocycles. The molecule has 0 amide bonds. The molecule has 1 fully saturated rings. The van der Waals surface area contributed by atoms with Crippen LogP contribution in [0.15, 0.2) is 18.6 Å². The van der Waals surface area contributed by atoms with Gasteiger partial charge in [-0.3, -0.25) is 0 Å². The molecule has 1 aliphatic rings. The average Bonchev–Trinajstić information content (AvgIpc) is 2.70. The highest BCUT2D eigenvalue weighted by Gasteiger charge is 2.40. The summed E-state index contributed by atoms with van der Waals surface area (Å²) >= 11 is 0. The minimum Gasteiger partial charge on any atom is -0.389 e. The minimum absolute atomic E-state index is 0.436. The molecule has 2 rings (SSSR count). The van der Waals surface area contributed by atoms with Crippen molar-refractivity contribution in [1.29, 1.82) is 0 Å². The Balaban J connectivity index is 2.07. The van der Waals surface area contributed by atoms with Crippen LogP contribution in [0, 0.1) is 0 Å². The molecular weight excluding hydrogens is 140 g/mol. The van der Waals surface area contributed by atoms with Gasteiger partial charge < -0.3 is 5.11 Å². The van der Waals surface area contributed by atoms with Crippen molar-refractivity contribution in [2.45, 2.75) is 24.9 Å². The topological polar surface area (TPSA) is 46.0 Å². The maximum Gasteiger partial charge on any atom is 0.115 e. The second-order valence-corrected chi connectivity index (χ2v) is 3.10. The number of aromatic nitrogens is 2. The Kier molecular flexibility index (Phi) is 1.39. The van der Waals surface area contributed by atoms with Gasteiger partial charge in [-0.25, -0.2) is 9.97 Å². The van der Waals surface area contributed by atoms with Crippen LogP contribution >= 0.6 is 0 Å². The number of hydrogen-bond acceptors (Lipinski definition) is 3. The predicted molar refractivity (Wildman–Crippen MR) is 39.9 cm³/mol. The van der Waals surface area contributed by atoms with Crippen molar-refractivity contribution in [3.05, 3.63) is 24.3 Å². The standard InChI is InChI=1S/C8H10N2O/c11-8(2-3-8)5-7-1-4-9-6-10-7/h1,4,6,11H,2-3,5H2. The maximum absolute atomic E-state index is 9.52. The van der Waals surface area contributed by atoms with Gasteiger partial charge in [0.1, 0.15) is 6.33 Å². The fraction of sp³-hybridized carbons (Fsp3) is 0.500. The van der Waals surface area contributed by atoms with Crippen LogP contribution in [0.25, 0.3) is 0 Å². The van der Waals surface area contributed by atoms with E-state index in [0.29, 0.717) is 6.42 Å². The molecule has 0 bridgehead atoms. The molecule has 11 heavy (non-hydrogen) atoms. The molecule has 0 radical (unpaired) electrons. The van der Waals surface area contributed by atoms with Crippen molar-refractivity contribution in [2.24, 2.45) is 0 Å². The molecule has 3 nitrogen and oxygen atoms in total. The van der Waals surface area contributed by atoms with Crippen LogP contribution in [0.3, 0.4) is 0 Å². The molecule has 1 aliphatic carbocycles. The molecule has 1 aromatic rings. The van der Waals surface area contributed by atoms with Crippen molar-refractivity contribution in [3.8, 4) is 0 Å². The molecule has 0 unspecified atom stereocenters. The van der Waals surface area contributed by atoms with Gasteiger partial charge in [-0.1, -0.05) is 0 Å². The normalized spacial score (nSPS) is 19.7. The number of nitrogens with zero attached hydrogens (tertiary/aromatic N) is 2. The number of hydrogen-bond donors (Lipinski definition) is 1. The van der Waals surface area contributed by atoms with E-state index in [1.807, 2.05) is 6.07 Å². The van der Waals surface area contributed by atoms with Gasteiger partial charge in [-0.15, -0.1) is 0 Å². The van der Waals surface area contributed by atoms with Crippen LogP contribution in [0.1, 0.15) is 18.5 Å². The van der Waals surface area contributed by atoms with E-state index >= 15 is 0 Å². The Morgan fingerprint density at radius 3 is 2.91 bits per heavy atom. The summed E-state index contributed by atoms with van der Waals surface area (Å²) in [7, 11) is 0. The minimum atomic E-state index is -0.436. The third kappa shape index (κ3) is 1.54. The van der Waals surface area contributed by atoms with Crippen LogP contribution in [0.4, 0.5) is 0 Å². The fourth-order valence-corrected chi connectivity index (χ4v) is 1.08. The molecule has 0 aromatic carbocycles. The molecule has 1 heterocycles. The zero-order valence-corrected chi connectivity index (χ0v) is 6.20. The van der Waals surface area contributed by atoms with Gasteiger partial charge in [-0.05, 0) is 18.9 Å². The van der Waals surface area contributed by atoms with Crippen LogP contribution < -0.4 is 0 Å². The van der Waals surface area contributed by atoms with Crippen LogP contribution in [0.5, 0.6) is 0 Å². The second kappa shape index (κ2) is 2.27. The molecule has 58 valence electrons. The summed E-state index contributed by atoms with van der Waals surface area (Å²) in [6.45, 7) is 0. The van der Waals surface area contributed by atoms with E-state index in [9.17, 15) is 5.11 Å². The first-order valence-electron chi connectivity index (χ1n) is 3.76. The highest BCUT2D eigenvalue weighted by atomic mass is 16.3. The van der Waals surface area contributed by atoms with Crippen molar-refractivity contribution >= 4 is 0 Å². The summed E-state index contributed by atoms with van der Waals surface area (Å²) < 4.78 is 0. The highest BCUT2D eigenvalue weighted by Crippen LogP contribution is 2.37. The maximum atomic E-state index is 9.52. The van der Waals surface area contributed by atoms with E-state index in [1.165, 1.54) is 6.33 Å². The summed E-state index contributed by atoms with van der Waals surface area (Å²) in [4.78, 5) is 7.84. The van der Waals surface area contributed by atoms with Crippen LogP contribution in [0.2, 0.25) is 0 Å². The number of aliphatic hydroxyl groups is 1. The molecule has 3 heteroatoms. The van der Waals surface area contributed by atoms with Gasteiger partial charge in [0.2, 0.25) is 0 Å². The van der Waals surface area contributed by atoms with Gasteiger partial charge in [0.25, 0.3) is 0 Å². The summed E-state index contributed by atoms with van der Waals surface area (Å²) in [5, 5.41) is 9.52. The SMILES string of the molecule is OC1(Cc2ccncn2)CC1. The average molecular weight is 150 g/mol. The van der Waals surface area contributed by atoms with Crippen molar-refractivity contribution in [1.82, 2.24) is 9.97 Å². The molecule has 1 N–H and O–H groups in total. The van der Waals surface area contributed by atoms with Gasteiger partial charge in [0.05, 0.1) is 5.60 Å². The molecular formula is C8H10N2O. The van der Waals surface area contributed by atoms with Gasteiger partial charge in [-0.2, -0.15) is 0 Å². The predicted octanol–water partition coefficient (Wildman–Crippen LogP) is 0.544. The third-order valence-electron chi connectivity index (χ3n) is 1.98. The quantitative estimate of drug-likeness (QED) is 0.669. The first-order chi connectivity index (χ1) is 5.29. The lowest BCUT2D eigenvalue weighted by Gasteiger charge is -2.04. The van der Waals surface area contributed by atoms with E-state index in [4.69, 9.17) is 0 Å². The Bertz CT molecular complexity index is 244. The van der Waals surface area contributed by atoms with E-state index in [-0.39, 0.29) is 0 Å². The molecule has 0 spiro atoms. The van der Waals surface area contributed by atoms with Crippen molar-refractivity contribution in [3.63, 3.8) is 0 Å². The van der Waals surface area contributed by atoms with E-state index in [0.717, 1.165) is 18.5 Å². The van der Waals surface area contributed by atoms with E-state index in [1.54, 1.807) is 6.20 Å². The van der Waals surface area contributed by atoms with Crippen molar-refractivity contribution < 1.29 is 5.11 Å². The first kappa shape index (κ1) is 6.73. The molecule has 1 saturated carbocycles. The molecule has 0 aliphatic heterocycles. The van der Waals surface area contributed by atoms with E-state index in [2.05, 4.69) is 9.97 Å². The summed E-state index contributed by atoms with van der Waals surface area (Å²) in [6.07, 6.45) is 5.72. The largest absolute Gasteiger partial charge is 0.389 e. The first-order valence-corrected chi connectivity index (χ1v) is 3.76. The lowest BCUT2D eigenvalue weighted by Crippen LogP contribution is -2.11. The Morgan fingerprint density at radius 2 is 2.36 bits per heavy atom. The lowest BCUT2D eigenvalue weighted by atomic mass is 10.2. The Labute approximate surface area is 65.1 Å². The zero-order valence-electron chi connectivity index (χ0n) is 6.20. The summed E-state index contributed by atoms with van der Waals surface area (Å²) in [5.74, 6) is 0. The monoisotopic (exact) mass is 150 g/mol. The summed E-state index contributed by atoms with van der Waals surface area (Å²) in [5.41, 5.74) is 0.494.